The Balaban J connectivity index is 2.22. The van der Waals surface area contributed by atoms with Crippen LogP contribution in [0.4, 0.5) is 0 Å². The molecular weight excluding hydrogens is 252 g/mol. The van der Waals surface area contributed by atoms with Crippen molar-refractivity contribution >= 4 is 17.8 Å². The molecule has 3 nitrogen and oxygen atoms in total. The van der Waals surface area contributed by atoms with Crippen molar-refractivity contribution in [2.75, 3.05) is 6.61 Å². The SMILES string of the molecule is CCOC(=O)C1C(C=C(C=O)c2ccccc2)C1(C)C. The van der Waals surface area contributed by atoms with Crippen LogP contribution in [0.5, 0.6) is 0 Å². The first-order valence-corrected chi connectivity index (χ1v) is 6.91. The van der Waals surface area contributed by atoms with E-state index in [1.807, 2.05) is 50.3 Å². The maximum atomic E-state index is 11.9. The summed E-state index contributed by atoms with van der Waals surface area (Å²) in [4.78, 5) is 23.2. The summed E-state index contributed by atoms with van der Waals surface area (Å²) in [5.74, 6) is -0.264. The van der Waals surface area contributed by atoms with Crippen molar-refractivity contribution in [3.8, 4) is 0 Å². The van der Waals surface area contributed by atoms with Crippen LogP contribution in [-0.4, -0.2) is 18.9 Å². The van der Waals surface area contributed by atoms with Crippen LogP contribution in [0, 0.1) is 17.3 Å². The molecule has 0 heterocycles. The molecular formula is C17H20O3. The molecule has 1 aliphatic rings. The summed E-state index contributed by atoms with van der Waals surface area (Å²) in [6.45, 7) is 6.26. The van der Waals surface area contributed by atoms with Crippen LogP contribution >= 0.6 is 0 Å². The van der Waals surface area contributed by atoms with Gasteiger partial charge in [0.05, 0.1) is 12.5 Å². The van der Waals surface area contributed by atoms with E-state index >= 15 is 0 Å². The average Bonchev–Trinajstić information content (AvgIpc) is 2.98. The topological polar surface area (TPSA) is 43.4 Å². The summed E-state index contributed by atoms with van der Waals surface area (Å²) in [6, 6.07) is 9.50. The van der Waals surface area contributed by atoms with Gasteiger partial charge in [0.2, 0.25) is 0 Å². The fraction of sp³-hybridized carbons (Fsp3) is 0.412. The first-order valence-electron chi connectivity index (χ1n) is 6.91. The zero-order chi connectivity index (χ0) is 14.8. The Morgan fingerprint density at radius 3 is 2.50 bits per heavy atom. The minimum Gasteiger partial charge on any atom is -0.466 e. The highest BCUT2D eigenvalue weighted by atomic mass is 16.5. The molecule has 1 aromatic carbocycles. The second kappa shape index (κ2) is 5.61. The van der Waals surface area contributed by atoms with Crippen LogP contribution < -0.4 is 0 Å². The Morgan fingerprint density at radius 1 is 1.30 bits per heavy atom. The summed E-state index contributed by atoms with van der Waals surface area (Å²) >= 11 is 0. The van der Waals surface area contributed by atoms with Crippen LogP contribution in [0.3, 0.4) is 0 Å². The molecule has 2 atom stereocenters. The Morgan fingerprint density at radius 2 is 1.95 bits per heavy atom. The minimum absolute atomic E-state index is 0.0574. The number of carbonyl (C=O) groups is 2. The van der Waals surface area contributed by atoms with Crippen molar-refractivity contribution < 1.29 is 14.3 Å². The zero-order valence-electron chi connectivity index (χ0n) is 12.1. The number of esters is 1. The van der Waals surface area contributed by atoms with Gasteiger partial charge in [-0.15, -0.1) is 0 Å². The van der Waals surface area contributed by atoms with Crippen molar-refractivity contribution in [1.29, 1.82) is 0 Å². The molecule has 0 amide bonds. The maximum absolute atomic E-state index is 11.9. The van der Waals surface area contributed by atoms with Crippen LogP contribution in [0.2, 0.25) is 0 Å². The third kappa shape index (κ3) is 2.67. The quantitative estimate of drug-likeness (QED) is 0.470. The number of benzene rings is 1. The van der Waals surface area contributed by atoms with E-state index in [2.05, 4.69) is 0 Å². The number of aldehydes is 1. The van der Waals surface area contributed by atoms with E-state index in [0.29, 0.717) is 12.2 Å². The Bertz CT molecular complexity index is 528. The van der Waals surface area contributed by atoms with E-state index in [4.69, 9.17) is 4.74 Å². The van der Waals surface area contributed by atoms with Gasteiger partial charge >= 0.3 is 5.97 Å². The third-order valence-electron chi connectivity index (χ3n) is 4.04. The highest BCUT2D eigenvalue weighted by molar-refractivity contribution is 6.07. The monoisotopic (exact) mass is 272 g/mol. The van der Waals surface area contributed by atoms with E-state index in [1.54, 1.807) is 6.92 Å². The van der Waals surface area contributed by atoms with Crippen molar-refractivity contribution in [2.24, 2.45) is 17.3 Å². The van der Waals surface area contributed by atoms with Crippen LogP contribution in [-0.2, 0) is 14.3 Å². The Hall–Kier alpha value is -1.90. The molecule has 0 aromatic heterocycles. The highest BCUT2D eigenvalue weighted by Crippen LogP contribution is 2.60. The molecule has 20 heavy (non-hydrogen) atoms. The summed E-state index contributed by atoms with van der Waals surface area (Å²) in [5.41, 5.74) is 1.37. The molecule has 2 rings (SSSR count). The molecule has 1 fully saturated rings. The predicted octanol–water partition coefficient (Wildman–Crippen LogP) is 3.10. The molecule has 0 radical (unpaired) electrons. The smallest absolute Gasteiger partial charge is 0.310 e. The normalized spacial score (nSPS) is 24.1. The van der Waals surface area contributed by atoms with Gasteiger partial charge in [0, 0.05) is 5.57 Å². The third-order valence-corrected chi connectivity index (χ3v) is 4.04. The van der Waals surface area contributed by atoms with Gasteiger partial charge in [0.15, 0.2) is 0 Å². The predicted molar refractivity (Wildman–Crippen MR) is 77.9 cm³/mol. The number of allylic oxidation sites excluding steroid dienone is 2. The van der Waals surface area contributed by atoms with Gasteiger partial charge in [-0.2, -0.15) is 0 Å². The summed E-state index contributed by atoms with van der Waals surface area (Å²) in [7, 11) is 0. The fourth-order valence-corrected chi connectivity index (χ4v) is 2.70. The Labute approximate surface area is 119 Å². The number of hydrogen-bond donors (Lipinski definition) is 0. The second-order valence-corrected chi connectivity index (χ2v) is 5.68. The lowest BCUT2D eigenvalue weighted by molar-refractivity contribution is -0.145. The second-order valence-electron chi connectivity index (χ2n) is 5.68. The van der Waals surface area contributed by atoms with Gasteiger partial charge in [-0.05, 0) is 23.8 Å². The summed E-state index contributed by atoms with van der Waals surface area (Å²) in [6.07, 6.45) is 2.76. The van der Waals surface area contributed by atoms with Gasteiger partial charge in [-0.3, -0.25) is 9.59 Å². The molecule has 1 aromatic rings. The standard InChI is InChI=1S/C17H20O3/c1-4-20-16(19)15-14(17(15,2)3)10-13(11-18)12-8-6-5-7-9-12/h5-11,14-15H,4H2,1-3H3. The van der Waals surface area contributed by atoms with E-state index < -0.39 is 0 Å². The molecule has 1 saturated carbocycles. The van der Waals surface area contributed by atoms with Gasteiger partial charge in [-0.25, -0.2) is 0 Å². The molecule has 0 N–H and O–H groups in total. The molecule has 2 unspecified atom stereocenters. The van der Waals surface area contributed by atoms with Crippen LogP contribution in [0.15, 0.2) is 36.4 Å². The molecule has 0 saturated heterocycles. The maximum Gasteiger partial charge on any atom is 0.310 e. The number of rotatable bonds is 5. The molecule has 1 aliphatic carbocycles. The Kier molecular flexibility index (Phi) is 4.07. The number of carbonyl (C=O) groups excluding carboxylic acids is 2. The van der Waals surface area contributed by atoms with Crippen molar-refractivity contribution in [3.63, 3.8) is 0 Å². The number of ether oxygens (including phenoxy) is 1. The highest BCUT2D eigenvalue weighted by Gasteiger charge is 2.61. The molecule has 0 bridgehead atoms. The lowest BCUT2D eigenvalue weighted by Gasteiger charge is -2.01. The molecule has 3 heteroatoms. The molecule has 0 aliphatic heterocycles. The van der Waals surface area contributed by atoms with E-state index in [1.165, 1.54) is 0 Å². The van der Waals surface area contributed by atoms with Crippen LogP contribution in [0.1, 0.15) is 26.3 Å². The van der Waals surface area contributed by atoms with E-state index in [9.17, 15) is 9.59 Å². The fourth-order valence-electron chi connectivity index (χ4n) is 2.70. The van der Waals surface area contributed by atoms with Crippen molar-refractivity contribution in [1.82, 2.24) is 0 Å². The largest absolute Gasteiger partial charge is 0.466 e. The van der Waals surface area contributed by atoms with E-state index in [-0.39, 0.29) is 23.2 Å². The van der Waals surface area contributed by atoms with Crippen molar-refractivity contribution in [2.45, 2.75) is 20.8 Å². The minimum atomic E-state index is -0.169. The van der Waals surface area contributed by atoms with Crippen molar-refractivity contribution in [3.05, 3.63) is 42.0 Å². The van der Waals surface area contributed by atoms with Crippen LogP contribution in [0.25, 0.3) is 5.57 Å². The molecule has 0 spiro atoms. The lowest BCUT2D eigenvalue weighted by atomic mass is 10.0. The first-order chi connectivity index (χ1) is 9.52. The van der Waals surface area contributed by atoms with E-state index in [0.717, 1.165) is 11.8 Å². The van der Waals surface area contributed by atoms with Gasteiger partial charge in [0.25, 0.3) is 0 Å². The number of hydrogen-bond acceptors (Lipinski definition) is 3. The van der Waals surface area contributed by atoms with Gasteiger partial charge in [0.1, 0.15) is 6.29 Å². The lowest BCUT2D eigenvalue weighted by Crippen LogP contribution is -2.10. The first kappa shape index (κ1) is 14.5. The molecule has 106 valence electrons. The summed E-state index contributed by atoms with van der Waals surface area (Å²) < 4.78 is 5.10. The zero-order valence-corrected chi connectivity index (χ0v) is 12.1. The van der Waals surface area contributed by atoms with Gasteiger partial charge in [-0.1, -0.05) is 50.3 Å². The summed E-state index contributed by atoms with van der Waals surface area (Å²) in [5, 5.41) is 0. The average molecular weight is 272 g/mol. The van der Waals surface area contributed by atoms with Gasteiger partial charge < -0.3 is 4.74 Å².